The summed E-state index contributed by atoms with van der Waals surface area (Å²) >= 11 is 1.58. The predicted octanol–water partition coefficient (Wildman–Crippen LogP) is 4.08. The molecule has 0 amide bonds. The summed E-state index contributed by atoms with van der Waals surface area (Å²) in [5.41, 5.74) is 3.15. The zero-order valence-corrected chi connectivity index (χ0v) is 18.0. The molecule has 0 spiro atoms. The van der Waals surface area contributed by atoms with Crippen molar-refractivity contribution >= 4 is 23.4 Å². The number of rotatable bonds is 8. The summed E-state index contributed by atoms with van der Waals surface area (Å²) in [6, 6.07) is 14.1. The standard InChI is InChI=1S/C23H24N4O3S/c1-2-3-4-7-14-31-23-25-21-19(26-27-23)17-8-5-6-9-18(17)24-20(30-21)15-10-12-16(13-11-15)22(28)29/h5-6,8-13,20,24H,2-4,7,14H2,1H3,(H,28,29)/p-1/t20-/m1/s1. The monoisotopic (exact) mass is 435 g/mol. The number of aromatic nitrogens is 3. The van der Waals surface area contributed by atoms with Crippen LogP contribution < -0.4 is 15.2 Å². The molecular formula is C23H23N4O3S-. The van der Waals surface area contributed by atoms with Gasteiger partial charge in [0.1, 0.15) is 0 Å². The Hall–Kier alpha value is -3.13. The van der Waals surface area contributed by atoms with E-state index in [2.05, 4.69) is 27.4 Å². The Morgan fingerprint density at radius 2 is 1.90 bits per heavy atom. The Kier molecular flexibility index (Phi) is 6.66. The maximum absolute atomic E-state index is 11.1. The van der Waals surface area contributed by atoms with Gasteiger partial charge in [-0.3, -0.25) is 0 Å². The van der Waals surface area contributed by atoms with Crippen LogP contribution in [0.4, 0.5) is 5.69 Å². The molecule has 1 aliphatic rings. The number of carboxylic acids is 1. The summed E-state index contributed by atoms with van der Waals surface area (Å²) in [6.07, 6.45) is 4.18. The molecule has 1 aliphatic heterocycles. The maximum Gasteiger partial charge on any atom is 0.247 e. The van der Waals surface area contributed by atoms with E-state index in [4.69, 9.17) is 4.74 Å². The fraction of sp³-hybridized carbons (Fsp3) is 0.304. The van der Waals surface area contributed by atoms with Gasteiger partial charge in [-0.1, -0.05) is 80.4 Å². The first-order valence-corrected chi connectivity index (χ1v) is 11.4. The number of carbonyl (C=O) groups is 1. The number of anilines is 1. The second kappa shape index (κ2) is 9.78. The third kappa shape index (κ3) is 4.96. The quantitative estimate of drug-likeness (QED) is 0.417. The van der Waals surface area contributed by atoms with Crippen molar-refractivity contribution < 1.29 is 14.6 Å². The van der Waals surface area contributed by atoms with Crippen molar-refractivity contribution in [2.45, 2.75) is 44.0 Å². The third-order valence-electron chi connectivity index (χ3n) is 5.01. The van der Waals surface area contributed by atoms with Crippen molar-refractivity contribution in [2.24, 2.45) is 0 Å². The number of carbonyl (C=O) groups excluding carboxylic acids is 1. The molecule has 31 heavy (non-hydrogen) atoms. The molecule has 160 valence electrons. The summed E-state index contributed by atoms with van der Waals surface area (Å²) in [5.74, 6) is 0.121. The van der Waals surface area contributed by atoms with Crippen LogP contribution in [0.25, 0.3) is 11.3 Å². The second-order valence-corrected chi connectivity index (χ2v) is 8.32. The molecule has 3 aromatic rings. The van der Waals surface area contributed by atoms with Crippen LogP contribution in [0.2, 0.25) is 0 Å². The minimum atomic E-state index is -1.21. The first-order chi connectivity index (χ1) is 15.2. The lowest BCUT2D eigenvalue weighted by Crippen LogP contribution is -2.22. The van der Waals surface area contributed by atoms with Gasteiger partial charge < -0.3 is 20.0 Å². The van der Waals surface area contributed by atoms with Gasteiger partial charge in [0.15, 0.2) is 11.9 Å². The van der Waals surface area contributed by atoms with E-state index in [1.165, 1.54) is 31.4 Å². The molecule has 4 rings (SSSR count). The van der Waals surface area contributed by atoms with Gasteiger partial charge in [0.05, 0.1) is 5.97 Å². The number of fused-ring (bicyclic) bond motifs is 3. The number of ether oxygens (including phenoxy) is 1. The van der Waals surface area contributed by atoms with Crippen LogP contribution in [0.15, 0.2) is 53.7 Å². The first-order valence-electron chi connectivity index (χ1n) is 10.4. The summed E-state index contributed by atoms with van der Waals surface area (Å²) in [6.45, 7) is 2.19. The second-order valence-electron chi connectivity index (χ2n) is 7.25. The number of para-hydroxylation sites is 1. The van der Waals surface area contributed by atoms with Crippen LogP contribution in [-0.4, -0.2) is 26.9 Å². The minimum absolute atomic E-state index is 0.115. The van der Waals surface area contributed by atoms with Gasteiger partial charge in [-0.05, 0) is 18.1 Å². The predicted molar refractivity (Wildman–Crippen MR) is 118 cm³/mol. The normalized spacial score (nSPS) is 14.5. The Bertz CT molecular complexity index is 1060. The van der Waals surface area contributed by atoms with Gasteiger partial charge in [-0.25, -0.2) is 0 Å². The van der Waals surface area contributed by atoms with Gasteiger partial charge in [0.2, 0.25) is 11.0 Å². The number of benzene rings is 2. The molecule has 2 heterocycles. The van der Waals surface area contributed by atoms with Gasteiger partial charge in [0, 0.05) is 22.6 Å². The van der Waals surface area contributed by atoms with E-state index in [0.717, 1.165) is 29.0 Å². The zero-order valence-electron chi connectivity index (χ0n) is 17.2. The molecule has 0 bridgehead atoms. The summed E-state index contributed by atoms with van der Waals surface area (Å²) in [7, 11) is 0. The van der Waals surface area contributed by atoms with Gasteiger partial charge in [0.25, 0.3) is 0 Å². The number of hydrogen-bond donors (Lipinski definition) is 1. The van der Waals surface area contributed by atoms with E-state index < -0.39 is 12.2 Å². The third-order valence-corrected chi connectivity index (χ3v) is 5.94. The van der Waals surface area contributed by atoms with E-state index in [0.29, 0.717) is 16.7 Å². The number of carboxylic acid groups (broad SMARTS) is 1. The number of nitrogens with zero attached hydrogens (tertiary/aromatic N) is 3. The van der Waals surface area contributed by atoms with Crippen LogP contribution in [0, 0.1) is 0 Å². The van der Waals surface area contributed by atoms with Gasteiger partial charge >= 0.3 is 0 Å². The molecule has 0 saturated carbocycles. The van der Waals surface area contributed by atoms with Gasteiger partial charge in [-0.2, -0.15) is 4.98 Å². The van der Waals surface area contributed by atoms with Crippen molar-refractivity contribution in [3.8, 4) is 17.1 Å². The number of nitrogens with one attached hydrogen (secondary N) is 1. The number of aromatic carboxylic acids is 1. The van der Waals surface area contributed by atoms with Gasteiger partial charge in [-0.15, -0.1) is 10.2 Å². The molecule has 1 atom stereocenters. The van der Waals surface area contributed by atoms with Crippen molar-refractivity contribution in [3.63, 3.8) is 0 Å². The molecule has 8 heteroatoms. The topological polar surface area (TPSA) is 100 Å². The zero-order chi connectivity index (χ0) is 21.6. The summed E-state index contributed by atoms with van der Waals surface area (Å²) in [5, 5.41) is 23.7. The lowest BCUT2D eigenvalue weighted by molar-refractivity contribution is -0.255. The molecular weight excluding hydrogens is 412 g/mol. The van der Waals surface area contributed by atoms with Crippen molar-refractivity contribution in [1.82, 2.24) is 15.2 Å². The maximum atomic E-state index is 11.1. The lowest BCUT2D eigenvalue weighted by atomic mass is 10.1. The van der Waals surface area contributed by atoms with Crippen LogP contribution >= 0.6 is 11.8 Å². The smallest absolute Gasteiger partial charge is 0.247 e. The molecule has 0 saturated heterocycles. The molecule has 0 aliphatic carbocycles. The number of thioether (sulfide) groups is 1. The summed E-state index contributed by atoms with van der Waals surface area (Å²) in [4.78, 5) is 15.7. The van der Waals surface area contributed by atoms with Crippen LogP contribution in [-0.2, 0) is 0 Å². The van der Waals surface area contributed by atoms with E-state index in [9.17, 15) is 9.90 Å². The Balaban J connectivity index is 1.62. The molecule has 0 radical (unpaired) electrons. The average Bonchev–Trinajstić information content (AvgIpc) is 2.95. The summed E-state index contributed by atoms with van der Waals surface area (Å²) < 4.78 is 6.21. The Morgan fingerprint density at radius 3 is 2.68 bits per heavy atom. The largest absolute Gasteiger partial charge is 0.545 e. The van der Waals surface area contributed by atoms with E-state index in [1.54, 1.807) is 23.9 Å². The van der Waals surface area contributed by atoms with E-state index in [-0.39, 0.29) is 5.56 Å². The average molecular weight is 436 g/mol. The SMILES string of the molecule is CCCCCCSc1nnc2c(n1)O[C@H](c1ccc(C(=O)[O-])cc1)Nc1ccccc1-2. The van der Waals surface area contributed by atoms with Crippen LogP contribution in [0.5, 0.6) is 5.88 Å². The highest BCUT2D eigenvalue weighted by Crippen LogP contribution is 2.39. The molecule has 7 nitrogen and oxygen atoms in total. The van der Waals surface area contributed by atoms with Crippen molar-refractivity contribution in [1.29, 1.82) is 0 Å². The lowest BCUT2D eigenvalue weighted by Gasteiger charge is -2.19. The highest BCUT2D eigenvalue weighted by molar-refractivity contribution is 7.99. The number of hydrogen-bond acceptors (Lipinski definition) is 8. The Labute approximate surface area is 185 Å². The van der Waals surface area contributed by atoms with E-state index >= 15 is 0 Å². The van der Waals surface area contributed by atoms with Crippen molar-refractivity contribution in [2.75, 3.05) is 11.1 Å². The fourth-order valence-electron chi connectivity index (χ4n) is 3.35. The first kappa shape index (κ1) is 21.1. The molecule has 0 unspecified atom stereocenters. The van der Waals surface area contributed by atoms with Crippen LogP contribution in [0.3, 0.4) is 0 Å². The highest BCUT2D eigenvalue weighted by Gasteiger charge is 2.26. The number of unbranched alkanes of at least 4 members (excludes halogenated alkanes) is 3. The highest BCUT2D eigenvalue weighted by atomic mass is 32.2. The molecule has 0 fully saturated rings. The fourth-order valence-corrected chi connectivity index (χ4v) is 4.12. The molecule has 1 N–H and O–H groups in total. The van der Waals surface area contributed by atoms with Crippen molar-refractivity contribution in [3.05, 3.63) is 59.7 Å². The van der Waals surface area contributed by atoms with E-state index in [1.807, 2.05) is 24.3 Å². The van der Waals surface area contributed by atoms with Crippen LogP contribution in [0.1, 0.15) is 54.8 Å². The Morgan fingerprint density at radius 1 is 1.10 bits per heavy atom. The molecule has 1 aromatic heterocycles. The molecule has 2 aromatic carbocycles. The minimum Gasteiger partial charge on any atom is -0.545 e.